The van der Waals surface area contributed by atoms with Gasteiger partial charge in [0.15, 0.2) is 0 Å². The molecule has 2 aliphatic heterocycles. The van der Waals surface area contributed by atoms with E-state index in [2.05, 4.69) is 5.32 Å². The molecule has 0 saturated carbocycles. The lowest BCUT2D eigenvalue weighted by molar-refractivity contribution is -0.154. The van der Waals surface area contributed by atoms with Crippen LogP contribution in [0.5, 0.6) is 0 Å². The van der Waals surface area contributed by atoms with Crippen LogP contribution in [0, 0.1) is 0 Å². The Hall–Kier alpha value is -1.83. The van der Waals surface area contributed by atoms with Gasteiger partial charge < -0.3 is 24.8 Å². The third-order valence-corrected chi connectivity index (χ3v) is 4.55. The SMILES string of the molecule is COC(=O)[C@@H]1CC[C@@H]2CC(O)CC[C@H](NC(=O)OC(C)(C)C)C(=O)N21. The standard InChI is InChI=1S/C17H28N2O6/c1-17(2,3)25-16(23)18-12-7-6-11(20)9-10-5-8-13(15(22)24-4)19(10)14(12)21/h10-13,20H,5-9H2,1-4H3,(H,18,23)/t10-,11?,12+,13+/m1/s1. The van der Waals surface area contributed by atoms with Crippen LogP contribution in [0.2, 0.25) is 0 Å². The molecule has 1 unspecified atom stereocenters. The number of hydrogen-bond acceptors (Lipinski definition) is 6. The average molecular weight is 356 g/mol. The van der Waals surface area contributed by atoms with E-state index in [0.29, 0.717) is 25.7 Å². The molecule has 2 saturated heterocycles. The van der Waals surface area contributed by atoms with Gasteiger partial charge in [-0.15, -0.1) is 0 Å². The Bertz CT molecular complexity index is 530. The Morgan fingerprint density at radius 1 is 1.20 bits per heavy atom. The lowest BCUT2D eigenvalue weighted by atomic mass is 9.97. The number of alkyl carbamates (subject to hydrolysis) is 1. The van der Waals surface area contributed by atoms with Crippen LogP contribution in [-0.4, -0.2) is 64.9 Å². The summed E-state index contributed by atoms with van der Waals surface area (Å²) in [6, 6.07) is -1.73. The van der Waals surface area contributed by atoms with Gasteiger partial charge in [-0.1, -0.05) is 0 Å². The smallest absolute Gasteiger partial charge is 0.408 e. The van der Waals surface area contributed by atoms with Crippen molar-refractivity contribution >= 4 is 18.0 Å². The van der Waals surface area contributed by atoms with Gasteiger partial charge in [0.25, 0.3) is 0 Å². The molecule has 4 atom stereocenters. The maximum absolute atomic E-state index is 13.0. The Morgan fingerprint density at radius 3 is 2.48 bits per heavy atom. The van der Waals surface area contributed by atoms with Crippen LogP contribution < -0.4 is 5.32 Å². The number of fused-ring (bicyclic) bond motifs is 1. The summed E-state index contributed by atoms with van der Waals surface area (Å²) < 4.78 is 10.0. The van der Waals surface area contributed by atoms with Gasteiger partial charge in [0, 0.05) is 6.04 Å². The van der Waals surface area contributed by atoms with Gasteiger partial charge in [-0.2, -0.15) is 0 Å². The van der Waals surface area contributed by atoms with Crippen LogP contribution in [-0.2, 0) is 19.1 Å². The van der Waals surface area contributed by atoms with Gasteiger partial charge in [0.05, 0.1) is 13.2 Å². The van der Waals surface area contributed by atoms with Crippen molar-refractivity contribution in [2.24, 2.45) is 0 Å². The Kier molecular flexibility index (Phi) is 5.92. The van der Waals surface area contributed by atoms with Gasteiger partial charge in [-0.05, 0) is 52.9 Å². The van der Waals surface area contributed by atoms with Crippen molar-refractivity contribution in [2.75, 3.05) is 7.11 Å². The zero-order valence-corrected chi connectivity index (χ0v) is 15.3. The molecule has 25 heavy (non-hydrogen) atoms. The van der Waals surface area contributed by atoms with E-state index in [0.717, 1.165) is 0 Å². The molecule has 8 nitrogen and oxygen atoms in total. The highest BCUT2D eigenvalue weighted by molar-refractivity contribution is 5.90. The lowest BCUT2D eigenvalue weighted by Gasteiger charge is -2.36. The number of nitrogens with zero attached hydrogens (tertiary/aromatic N) is 1. The summed E-state index contributed by atoms with van der Waals surface area (Å²) in [7, 11) is 1.29. The molecule has 2 rings (SSSR count). The van der Waals surface area contributed by atoms with Crippen molar-refractivity contribution in [2.45, 2.75) is 82.7 Å². The number of rotatable bonds is 2. The molecule has 142 valence electrons. The van der Waals surface area contributed by atoms with Gasteiger partial charge in [0.2, 0.25) is 5.91 Å². The van der Waals surface area contributed by atoms with Gasteiger partial charge in [-0.25, -0.2) is 9.59 Å². The first-order valence-electron chi connectivity index (χ1n) is 8.70. The van der Waals surface area contributed by atoms with Gasteiger partial charge in [-0.3, -0.25) is 4.79 Å². The molecule has 0 bridgehead atoms. The maximum atomic E-state index is 13.0. The van der Waals surface area contributed by atoms with E-state index in [1.807, 2.05) is 0 Å². The zero-order chi connectivity index (χ0) is 18.8. The minimum atomic E-state index is -0.836. The van der Waals surface area contributed by atoms with Gasteiger partial charge in [0.1, 0.15) is 17.7 Å². The van der Waals surface area contributed by atoms with Crippen molar-refractivity contribution in [1.82, 2.24) is 10.2 Å². The van der Waals surface area contributed by atoms with E-state index in [9.17, 15) is 19.5 Å². The highest BCUT2D eigenvalue weighted by Crippen LogP contribution is 2.32. The van der Waals surface area contributed by atoms with Crippen molar-refractivity contribution in [3.63, 3.8) is 0 Å². The molecule has 0 spiro atoms. The summed E-state index contributed by atoms with van der Waals surface area (Å²) in [5.41, 5.74) is -0.682. The number of carbonyl (C=O) groups is 3. The first-order chi connectivity index (χ1) is 11.6. The van der Waals surface area contributed by atoms with Crippen LogP contribution in [0.1, 0.15) is 52.9 Å². The number of aliphatic hydroxyl groups excluding tert-OH is 1. The monoisotopic (exact) mass is 356 g/mol. The first kappa shape index (κ1) is 19.5. The second kappa shape index (κ2) is 7.59. The van der Waals surface area contributed by atoms with E-state index in [4.69, 9.17) is 9.47 Å². The summed E-state index contributed by atoms with van der Waals surface area (Å²) in [4.78, 5) is 38.5. The van der Waals surface area contributed by atoms with E-state index in [1.165, 1.54) is 12.0 Å². The van der Waals surface area contributed by atoms with Crippen LogP contribution in [0.3, 0.4) is 0 Å². The van der Waals surface area contributed by atoms with Crippen LogP contribution >= 0.6 is 0 Å². The molecule has 0 radical (unpaired) electrons. The molecule has 0 aromatic rings. The largest absolute Gasteiger partial charge is 0.467 e. The minimum Gasteiger partial charge on any atom is -0.467 e. The Morgan fingerprint density at radius 2 is 1.88 bits per heavy atom. The second-order valence-electron chi connectivity index (χ2n) is 7.68. The maximum Gasteiger partial charge on any atom is 0.408 e. The van der Waals surface area contributed by atoms with Crippen LogP contribution in [0.25, 0.3) is 0 Å². The molecular formula is C17H28N2O6. The fourth-order valence-corrected chi connectivity index (χ4v) is 3.49. The Balaban J connectivity index is 2.18. The highest BCUT2D eigenvalue weighted by atomic mass is 16.6. The molecule has 0 aliphatic carbocycles. The van der Waals surface area contributed by atoms with E-state index < -0.39 is 35.9 Å². The molecule has 8 heteroatoms. The van der Waals surface area contributed by atoms with E-state index in [-0.39, 0.29) is 18.4 Å². The quantitative estimate of drug-likeness (QED) is 0.714. The molecule has 2 heterocycles. The number of aliphatic hydroxyl groups is 1. The fraction of sp³-hybridized carbons (Fsp3) is 0.824. The molecular weight excluding hydrogens is 328 g/mol. The average Bonchev–Trinajstić information content (AvgIpc) is 2.90. The summed E-state index contributed by atoms with van der Waals surface area (Å²) >= 11 is 0. The zero-order valence-electron chi connectivity index (χ0n) is 15.3. The third kappa shape index (κ3) is 4.84. The fourth-order valence-electron chi connectivity index (χ4n) is 3.49. The summed E-state index contributed by atoms with van der Waals surface area (Å²) in [6.07, 6.45) is 0.969. The number of hydrogen-bond donors (Lipinski definition) is 2. The summed E-state index contributed by atoms with van der Waals surface area (Å²) in [5.74, 6) is -0.794. The van der Waals surface area contributed by atoms with E-state index in [1.54, 1.807) is 20.8 Å². The second-order valence-corrected chi connectivity index (χ2v) is 7.68. The predicted octanol–water partition coefficient (Wildman–Crippen LogP) is 0.957. The van der Waals surface area contributed by atoms with E-state index >= 15 is 0 Å². The molecule has 0 aromatic heterocycles. The highest BCUT2D eigenvalue weighted by Gasteiger charge is 2.45. The van der Waals surface area contributed by atoms with Crippen molar-refractivity contribution in [3.8, 4) is 0 Å². The summed E-state index contributed by atoms with van der Waals surface area (Å²) in [6.45, 7) is 5.21. The normalized spacial score (nSPS) is 30.1. The number of amides is 2. The van der Waals surface area contributed by atoms with Crippen LogP contribution in [0.4, 0.5) is 4.79 Å². The number of nitrogens with one attached hydrogen (secondary N) is 1. The number of methoxy groups -OCH3 is 1. The van der Waals surface area contributed by atoms with Gasteiger partial charge >= 0.3 is 12.1 Å². The molecule has 2 fully saturated rings. The van der Waals surface area contributed by atoms with Crippen molar-refractivity contribution < 1.29 is 29.0 Å². The molecule has 2 aliphatic rings. The predicted molar refractivity (Wildman–Crippen MR) is 88.7 cm³/mol. The number of esters is 1. The third-order valence-electron chi connectivity index (χ3n) is 4.55. The molecule has 0 aromatic carbocycles. The number of carbonyl (C=O) groups excluding carboxylic acids is 3. The number of ether oxygens (including phenoxy) is 2. The lowest BCUT2D eigenvalue weighted by Crippen LogP contribution is -2.56. The molecule has 2 N–H and O–H groups in total. The Labute approximate surface area is 147 Å². The molecule has 2 amide bonds. The first-order valence-corrected chi connectivity index (χ1v) is 8.70. The topological polar surface area (TPSA) is 105 Å². The summed E-state index contributed by atoms with van der Waals surface area (Å²) in [5, 5.41) is 12.8. The minimum absolute atomic E-state index is 0.227. The van der Waals surface area contributed by atoms with Crippen molar-refractivity contribution in [1.29, 1.82) is 0 Å². The van der Waals surface area contributed by atoms with Crippen molar-refractivity contribution in [3.05, 3.63) is 0 Å². The van der Waals surface area contributed by atoms with Crippen LogP contribution in [0.15, 0.2) is 0 Å².